The fourth-order valence-electron chi connectivity index (χ4n) is 12.1. The molecule has 76 heavy (non-hydrogen) atoms. The summed E-state index contributed by atoms with van der Waals surface area (Å²) in [5.74, 6) is 1.84. The lowest BCUT2D eigenvalue weighted by Crippen LogP contribution is -2.05. The van der Waals surface area contributed by atoms with Crippen molar-refractivity contribution in [2.24, 2.45) is 0 Å². The molecule has 0 fully saturated rings. The minimum Gasteiger partial charge on any atom is -0.309 e. The molecule has 0 saturated carbocycles. The molecule has 0 amide bonds. The molecular weight excluding hydrogens is 927 g/mol. The van der Waals surface area contributed by atoms with Crippen LogP contribution in [0, 0.1) is 0 Å². The van der Waals surface area contributed by atoms with E-state index in [9.17, 15) is 0 Å². The summed E-state index contributed by atoms with van der Waals surface area (Å²) in [5.41, 5.74) is 16.1. The highest BCUT2D eigenvalue weighted by molar-refractivity contribution is 6.15. The molecule has 7 nitrogen and oxygen atoms in total. The number of rotatable bonds is 7. The van der Waals surface area contributed by atoms with Gasteiger partial charge in [-0.1, -0.05) is 176 Å². The van der Waals surface area contributed by atoms with Crippen LogP contribution in [0.3, 0.4) is 0 Å². The van der Waals surface area contributed by atoms with Gasteiger partial charge in [0, 0.05) is 71.2 Å². The maximum atomic E-state index is 5.22. The van der Waals surface area contributed by atoms with Crippen LogP contribution >= 0.6 is 0 Å². The second kappa shape index (κ2) is 16.6. The van der Waals surface area contributed by atoms with Crippen molar-refractivity contribution in [3.8, 4) is 56.9 Å². The van der Waals surface area contributed by atoms with Crippen molar-refractivity contribution in [1.29, 1.82) is 0 Å². The van der Waals surface area contributed by atoms with E-state index in [1.165, 1.54) is 48.7 Å². The molecule has 354 valence electrons. The van der Waals surface area contributed by atoms with E-state index in [-0.39, 0.29) is 0 Å². The van der Waals surface area contributed by atoms with Crippen molar-refractivity contribution in [1.82, 2.24) is 33.2 Å². The standard InChI is InChI=1S/C69H43N7/c1-3-19-44(20-4-1)67-70-68(45-21-5-2-6-22-45)72-69(71-67)46-35-39-64(66(41-46)76-60-32-16-10-25-51(60)52-26-11-17-33-61(52)76)75-62-34-18-12-28-54(62)56-42-47(37-40-63(56)75)74-59-31-15-9-27-53(59)55-38-36-48(43-65(55)74)73-57-29-13-7-23-49(57)50-24-8-14-30-58(50)73/h1-43H. The number of nitrogens with zero attached hydrogens (tertiary/aromatic N) is 7. The number of benzene rings is 11. The Morgan fingerprint density at radius 1 is 0.197 bits per heavy atom. The van der Waals surface area contributed by atoms with Crippen LogP contribution in [0.1, 0.15) is 0 Å². The van der Waals surface area contributed by atoms with E-state index < -0.39 is 0 Å². The van der Waals surface area contributed by atoms with Crippen LogP contribution in [0.5, 0.6) is 0 Å². The van der Waals surface area contributed by atoms with E-state index >= 15 is 0 Å². The monoisotopic (exact) mass is 969 g/mol. The van der Waals surface area contributed by atoms with Crippen molar-refractivity contribution >= 4 is 87.2 Å². The van der Waals surface area contributed by atoms with Gasteiger partial charge < -0.3 is 18.3 Å². The van der Waals surface area contributed by atoms with Crippen molar-refractivity contribution in [3.63, 3.8) is 0 Å². The van der Waals surface area contributed by atoms with Gasteiger partial charge in [-0.15, -0.1) is 0 Å². The van der Waals surface area contributed by atoms with Gasteiger partial charge in [-0.2, -0.15) is 0 Å². The summed E-state index contributed by atoms with van der Waals surface area (Å²) >= 11 is 0. The lowest BCUT2D eigenvalue weighted by molar-refractivity contribution is 1.06. The average molecular weight is 970 g/mol. The van der Waals surface area contributed by atoms with Crippen LogP contribution in [0.25, 0.3) is 144 Å². The van der Waals surface area contributed by atoms with Crippen molar-refractivity contribution in [2.45, 2.75) is 0 Å². The van der Waals surface area contributed by atoms with E-state index in [1.54, 1.807) is 0 Å². The number of hydrogen-bond donors (Lipinski definition) is 0. The van der Waals surface area contributed by atoms with Gasteiger partial charge in [-0.3, -0.25) is 0 Å². The molecule has 0 saturated heterocycles. The third kappa shape index (κ3) is 6.33. The summed E-state index contributed by atoms with van der Waals surface area (Å²) in [7, 11) is 0. The molecule has 5 aromatic heterocycles. The van der Waals surface area contributed by atoms with Crippen molar-refractivity contribution in [3.05, 3.63) is 261 Å². The number of hydrogen-bond acceptors (Lipinski definition) is 3. The quantitative estimate of drug-likeness (QED) is 0.160. The molecule has 16 aromatic rings. The molecule has 0 aliphatic rings. The first-order valence-electron chi connectivity index (χ1n) is 25.8. The van der Waals surface area contributed by atoms with E-state index in [4.69, 9.17) is 15.0 Å². The minimum absolute atomic E-state index is 0.598. The Bertz CT molecular complexity index is 4830. The van der Waals surface area contributed by atoms with Crippen LogP contribution in [-0.2, 0) is 0 Å². The summed E-state index contributed by atoms with van der Waals surface area (Å²) in [6, 6.07) is 93.5. The number of aromatic nitrogens is 7. The first-order valence-corrected chi connectivity index (χ1v) is 25.8. The SMILES string of the molecule is c1ccc(-c2nc(-c3ccccc3)nc(-c3ccc(-n4c5ccccc5c5cc(-n6c7ccccc7c7ccc(-n8c9ccccc9c9ccccc98)cc76)ccc54)c(-n4c5ccccc5c5ccccc54)c3)n2)cc1. The van der Waals surface area contributed by atoms with Crippen LogP contribution in [0.15, 0.2) is 261 Å². The van der Waals surface area contributed by atoms with Gasteiger partial charge in [0.1, 0.15) is 0 Å². The summed E-state index contributed by atoms with van der Waals surface area (Å²) in [4.78, 5) is 15.5. The predicted molar refractivity (Wildman–Crippen MR) is 313 cm³/mol. The molecule has 0 bridgehead atoms. The minimum atomic E-state index is 0.598. The molecule has 16 rings (SSSR count). The molecule has 0 unspecified atom stereocenters. The Balaban J connectivity index is 0.939. The highest BCUT2D eigenvalue weighted by atomic mass is 15.1. The van der Waals surface area contributed by atoms with Gasteiger partial charge in [-0.25, -0.2) is 15.0 Å². The van der Waals surface area contributed by atoms with Gasteiger partial charge in [-0.05, 0) is 84.9 Å². The fraction of sp³-hybridized carbons (Fsp3) is 0. The Morgan fingerprint density at radius 3 is 1.03 bits per heavy atom. The van der Waals surface area contributed by atoms with Crippen LogP contribution < -0.4 is 0 Å². The van der Waals surface area contributed by atoms with Crippen LogP contribution in [0.2, 0.25) is 0 Å². The van der Waals surface area contributed by atoms with Gasteiger partial charge in [0.25, 0.3) is 0 Å². The zero-order valence-corrected chi connectivity index (χ0v) is 41.0. The Labute approximate surface area is 436 Å². The van der Waals surface area contributed by atoms with Gasteiger partial charge in [0.05, 0.1) is 55.5 Å². The highest BCUT2D eigenvalue weighted by Crippen LogP contribution is 2.42. The van der Waals surface area contributed by atoms with Crippen LogP contribution in [0.4, 0.5) is 0 Å². The third-order valence-electron chi connectivity index (χ3n) is 15.4. The molecule has 5 heterocycles. The molecule has 0 radical (unpaired) electrons. The molecular formula is C69H43N7. The maximum Gasteiger partial charge on any atom is 0.164 e. The average Bonchev–Trinajstić information content (AvgIpc) is 4.22. The van der Waals surface area contributed by atoms with E-state index in [0.29, 0.717) is 17.5 Å². The largest absolute Gasteiger partial charge is 0.309 e. The molecule has 7 heteroatoms. The molecule has 0 N–H and O–H groups in total. The third-order valence-corrected chi connectivity index (χ3v) is 15.4. The molecule has 0 spiro atoms. The lowest BCUT2D eigenvalue weighted by Gasteiger charge is -2.18. The smallest absolute Gasteiger partial charge is 0.164 e. The van der Waals surface area contributed by atoms with E-state index in [2.05, 4.69) is 243 Å². The molecule has 11 aromatic carbocycles. The lowest BCUT2D eigenvalue weighted by atomic mass is 10.1. The molecule has 0 aliphatic carbocycles. The summed E-state index contributed by atoms with van der Waals surface area (Å²) in [6.45, 7) is 0. The van der Waals surface area contributed by atoms with Crippen molar-refractivity contribution < 1.29 is 0 Å². The highest BCUT2D eigenvalue weighted by Gasteiger charge is 2.23. The summed E-state index contributed by atoms with van der Waals surface area (Å²) in [5, 5.41) is 9.62. The Hall–Kier alpha value is -10.4. The zero-order chi connectivity index (χ0) is 49.8. The predicted octanol–water partition coefficient (Wildman–Crippen LogP) is 17.3. The topological polar surface area (TPSA) is 58.4 Å². The Morgan fingerprint density at radius 2 is 0.539 bits per heavy atom. The summed E-state index contributed by atoms with van der Waals surface area (Å²) in [6.07, 6.45) is 0. The first kappa shape index (κ1) is 42.2. The second-order valence-corrected chi connectivity index (χ2v) is 19.6. The maximum absolute atomic E-state index is 5.22. The van der Waals surface area contributed by atoms with Gasteiger partial charge in [0.2, 0.25) is 0 Å². The van der Waals surface area contributed by atoms with E-state index in [1.807, 2.05) is 36.4 Å². The normalized spacial score (nSPS) is 11.9. The van der Waals surface area contributed by atoms with Crippen molar-refractivity contribution in [2.75, 3.05) is 0 Å². The van der Waals surface area contributed by atoms with Crippen LogP contribution in [-0.4, -0.2) is 33.2 Å². The van der Waals surface area contributed by atoms with E-state index in [0.717, 1.165) is 77.9 Å². The van der Waals surface area contributed by atoms with Gasteiger partial charge in [0.15, 0.2) is 17.5 Å². The number of fused-ring (bicyclic) bond motifs is 12. The second-order valence-electron chi connectivity index (χ2n) is 19.6. The summed E-state index contributed by atoms with van der Waals surface area (Å²) < 4.78 is 9.73. The number of para-hydroxylation sites is 6. The molecule has 0 aliphatic heterocycles. The first-order chi connectivity index (χ1) is 37.7. The Kier molecular flexibility index (Phi) is 9.20. The molecule has 0 atom stereocenters. The fourth-order valence-corrected chi connectivity index (χ4v) is 12.1. The van der Waals surface area contributed by atoms with Gasteiger partial charge >= 0.3 is 0 Å². The zero-order valence-electron chi connectivity index (χ0n) is 41.0.